The highest BCUT2D eigenvalue weighted by Crippen LogP contribution is 2.39. The Morgan fingerprint density at radius 1 is 0.974 bits per heavy atom. The molecule has 10 nitrogen and oxygen atoms in total. The number of benzene rings is 2. The topological polar surface area (TPSA) is 122 Å². The minimum absolute atomic E-state index is 0.0808. The lowest BCUT2D eigenvalue weighted by Crippen LogP contribution is -2.46. The fourth-order valence-electron chi connectivity index (χ4n) is 4.53. The lowest BCUT2D eigenvalue weighted by Gasteiger charge is -2.27. The van der Waals surface area contributed by atoms with Gasteiger partial charge in [-0.05, 0) is 54.1 Å². The molecule has 2 aromatic carbocycles. The van der Waals surface area contributed by atoms with Crippen LogP contribution in [0.2, 0.25) is 0 Å². The second-order valence-corrected chi connectivity index (χ2v) is 8.77. The van der Waals surface area contributed by atoms with Crippen molar-refractivity contribution in [1.29, 1.82) is 0 Å². The highest BCUT2D eigenvalue weighted by atomic mass is 16.5. The number of fused-ring (bicyclic) bond motifs is 1. The number of aromatic hydroxyl groups is 1. The van der Waals surface area contributed by atoms with Crippen LogP contribution >= 0.6 is 0 Å². The summed E-state index contributed by atoms with van der Waals surface area (Å²) in [5.74, 6) is 1.66. The van der Waals surface area contributed by atoms with Crippen molar-refractivity contribution in [3.63, 3.8) is 0 Å². The smallest absolute Gasteiger partial charge is 0.254 e. The molecule has 3 N–H and O–H groups in total. The maximum absolute atomic E-state index is 13.7. The average molecular weight is 516 g/mol. The first kappa shape index (κ1) is 25.1. The van der Waals surface area contributed by atoms with Crippen LogP contribution in [0.25, 0.3) is 34.4 Å². The van der Waals surface area contributed by atoms with E-state index in [2.05, 4.69) is 15.5 Å². The van der Waals surface area contributed by atoms with E-state index in [-0.39, 0.29) is 11.7 Å². The van der Waals surface area contributed by atoms with Crippen molar-refractivity contribution in [1.82, 2.24) is 25.4 Å². The minimum Gasteiger partial charge on any atom is -0.508 e. The molecule has 5 rings (SSSR count). The van der Waals surface area contributed by atoms with Gasteiger partial charge in [0.15, 0.2) is 17.1 Å². The van der Waals surface area contributed by atoms with Crippen molar-refractivity contribution in [2.45, 2.75) is 0 Å². The molecule has 0 spiro atoms. The second kappa shape index (κ2) is 10.8. The van der Waals surface area contributed by atoms with E-state index in [1.54, 1.807) is 51.7 Å². The van der Waals surface area contributed by atoms with Crippen molar-refractivity contribution in [2.75, 3.05) is 47.5 Å². The zero-order valence-electron chi connectivity index (χ0n) is 21.4. The number of carbonyl (C=O) groups excluding carboxylic acids is 1. The number of nitrogens with one attached hydrogen (secondary N) is 2. The Bertz CT molecular complexity index is 1460. The highest BCUT2D eigenvalue weighted by molar-refractivity contribution is 6.09. The van der Waals surface area contributed by atoms with E-state index < -0.39 is 0 Å². The molecule has 4 aromatic rings. The number of nitrogens with zero attached hydrogens (tertiary/aromatic N) is 3. The third-order valence-corrected chi connectivity index (χ3v) is 6.48. The molecule has 0 atom stereocenters. The largest absolute Gasteiger partial charge is 0.508 e. The molecule has 0 saturated carbocycles. The number of hydrogen-bond acceptors (Lipinski definition) is 8. The van der Waals surface area contributed by atoms with Gasteiger partial charge in [-0.15, -0.1) is 0 Å². The van der Waals surface area contributed by atoms with Crippen LogP contribution in [0.1, 0.15) is 21.6 Å². The first-order chi connectivity index (χ1) is 18.5. The van der Waals surface area contributed by atoms with Crippen molar-refractivity contribution in [3.05, 3.63) is 59.3 Å². The maximum Gasteiger partial charge on any atom is 0.254 e. The summed E-state index contributed by atoms with van der Waals surface area (Å²) in [4.78, 5) is 20.3. The number of methoxy groups -OCH3 is 3. The molecule has 0 unspecified atom stereocenters. The number of amides is 1. The van der Waals surface area contributed by atoms with Crippen LogP contribution in [-0.2, 0) is 0 Å². The number of carbonyl (C=O) groups is 1. The van der Waals surface area contributed by atoms with Crippen LogP contribution in [0.5, 0.6) is 23.0 Å². The summed E-state index contributed by atoms with van der Waals surface area (Å²) in [6.45, 7) is 2.71. The molecule has 10 heteroatoms. The third-order valence-electron chi connectivity index (χ3n) is 6.48. The maximum atomic E-state index is 13.7. The number of phenolic OH excluding ortho intramolecular Hbond substituents is 1. The predicted molar refractivity (Wildman–Crippen MR) is 145 cm³/mol. The number of aromatic nitrogens is 3. The van der Waals surface area contributed by atoms with Crippen LogP contribution in [-0.4, -0.2) is 78.6 Å². The van der Waals surface area contributed by atoms with Gasteiger partial charge in [0.25, 0.3) is 5.91 Å². The summed E-state index contributed by atoms with van der Waals surface area (Å²) >= 11 is 0. The Morgan fingerprint density at radius 2 is 1.66 bits per heavy atom. The Kier molecular flexibility index (Phi) is 7.14. The summed E-state index contributed by atoms with van der Waals surface area (Å²) in [6, 6.07) is 12.2. The molecule has 0 aliphatic carbocycles. The number of ether oxygens (including phenoxy) is 3. The van der Waals surface area contributed by atoms with Gasteiger partial charge in [-0.2, -0.15) is 5.10 Å². The molecule has 1 saturated heterocycles. The molecule has 0 bridgehead atoms. The van der Waals surface area contributed by atoms with E-state index in [0.29, 0.717) is 58.3 Å². The molecule has 0 radical (unpaired) electrons. The number of phenols is 1. The van der Waals surface area contributed by atoms with Gasteiger partial charge in [-0.1, -0.05) is 6.08 Å². The van der Waals surface area contributed by atoms with Gasteiger partial charge in [0.05, 0.1) is 43.7 Å². The summed E-state index contributed by atoms with van der Waals surface area (Å²) < 4.78 is 16.3. The van der Waals surface area contributed by atoms with Gasteiger partial charge in [0.1, 0.15) is 5.75 Å². The van der Waals surface area contributed by atoms with Gasteiger partial charge in [-0.3, -0.25) is 9.89 Å². The number of piperazine rings is 1. The van der Waals surface area contributed by atoms with E-state index in [4.69, 9.17) is 19.2 Å². The van der Waals surface area contributed by atoms with E-state index in [1.807, 2.05) is 29.2 Å². The first-order valence-corrected chi connectivity index (χ1v) is 12.2. The molecule has 1 aliphatic heterocycles. The Labute approximate surface area is 219 Å². The van der Waals surface area contributed by atoms with Gasteiger partial charge < -0.3 is 29.5 Å². The summed E-state index contributed by atoms with van der Waals surface area (Å²) in [5, 5.41) is 21.1. The van der Waals surface area contributed by atoms with Crippen LogP contribution in [0.3, 0.4) is 0 Å². The Morgan fingerprint density at radius 3 is 2.29 bits per heavy atom. The summed E-state index contributed by atoms with van der Waals surface area (Å²) in [7, 11) is 4.69. The monoisotopic (exact) mass is 515 g/mol. The summed E-state index contributed by atoms with van der Waals surface area (Å²) in [5.41, 5.74) is 3.79. The number of H-pyrrole nitrogens is 1. The number of aromatic amines is 1. The predicted octanol–water partition coefficient (Wildman–Crippen LogP) is 3.57. The van der Waals surface area contributed by atoms with E-state index >= 15 is 0 Å². The van der Waals surface area contributed by atoms with E-state index in [1.165, 1.54) is 0 Å². The third kappa shape index (κ3) is 4.85. The fraction of sp³-hybridized carbons (Fsp3) is 0.250. The molecule has 1 amide bonds. The van der Waals surface area contributed by atoms with Gasteiger partial charge >= 0.3 is 0 Å². The second-order valence-electron chi connectivity index (χ2n) is 8.77. The Hall–Kier alpha value is -4.57. The minimum atomic E-state index is -0.0808. The quantitative estimate of drug-likeness (QED) is 0.342. The average Bonchev–Trinajstić information content (AvgIpc) is 3.38. The van der Waals surface area contributed by atoms with Crippen molar-refractivity contribution >= 4 is 29.1 Å². The van der Waals surface area contributed by atoms with Crippen LogP contribution in [0.4, 0.5) is 0 Å². The first-order valence-electron chi connectivity index (χ1n) is 12.2. The lowest BCUT2D eigenvalue weighted by atomic mass is 10.0. The van der Waals surface area contributed by atoms with Crippen LogP contribution in [0.15, 0.2) is 42.5 Å². The van der Waals surface area contributed by atoms with Crippen molar-refractivity contribution in [2.24, 2.45) is 0 Å². The molecule has 1 fully saturated rings. The number of pyridine rings is 1. The van der Waals surface area contributed by atoms with Crippen LogP contribution < -0.4 is 19.5 Å². The zero-order valence-corrected chi connectivity index (χ0v) is 21.4. The normalized spacial score (nSPS) is 13.7. The Balaban J connectivity index is 1.60. The van der Waals surface area contributed by atoms with Crippen LogP contribution in [0, 0.1) is 0 Å². The molecule has 2 aromatic heterocycles. The number of rotatable bonds is 7. The van der Waals surface area contributed by atoms with E-state index in [0.717, 1.165) is 24.2 Å². The highest BCUT2D eigenvalue weighted by Gasteiger charge is 2.24. The standard InChI is InChI=1S/C28H29N5O5/c1-36-23-14-17(15-24(37-2)26(23)38-3)4-9-21-25-20(28(35)33-12-10-29-11-13-33)16-22(30-27(25)32-31-21)18-5-7-19(34)8-6-18/h4-9,14-16,29,34H,10-13H2,1-3H3,(H,30,31,32). The number of hydrogen-bond donors (Lipinski definition) is 3. The van der Waals surface area contributed by atoms with Crippen molar-refractivity contribution in [3.8, 4) is 34.3 Å². The molecule has 38 heavy (non-hydrogen) atoms. The molecular formula is C28H29N5O5. The fourth-order valence-corrected chi connectivity index (χ4v) is 4.53. The van der Waals surface area contributed by atoms with Gasteiger partial charge in [0, 0.05) is 31.7 Å². The van der Waals surface area contributed by atoms with E-state index in [9.17, 15) is 9.90 Å². The van der Waals surface area contributed by atoms with Gasteiger partial charge in [-0.25, -0.2) is 4.98 Å². The van der Waals surface area contributed by atoms with Crippen molar-refractivity contribution < 1.29 is 24.1 Å². The molecular weight excluding hydrogens is 486 g/mol. The molecule has 1 aliphatic rings. The SMILES string of the molecule is COc1cc(C=Cc2n[nH]c3nc(-c4ccc(O)cc4)cc(C(=O)N4CCNCC4)c23)cc(OC)c1OC. The van der Waals surface area contributed by atoms with Gasteiger partial charge in [0.2, 0.25) is 5.75 Å². The lowest BCUT2D eigenvalue weighted by molar-refractivity contribution is 0.0737. The zero-order chi connectivity index (χ0) is 26.6. The molecule has 3 heterocycles. The summed E-state index contributed by atoms with van der Waals surface area (Å²) in [6.07, 6.45) is 3.70. The molecule has 196 valence electrons.